The highest BCUT2D eigenvalue weighted by Crippen LogP contribution is 2.05. The minimum atomic E-state index is -1.01. The predicted molar refractivity (Wildman–Crippen MR) is 35.5 cm³/mol. The number of halogens is 1. The molecule has 11 heavy (non-hydrogen) atoms. The van der Waals surface area contributed by atoms with Gasteiger partial charge in [0.05, 0.1) is 31.9 Å². The van der Waals surface area contributed by atoms with Crippen molar-refractivity contribution in [1.29, 1.82) is 0 Å². The molecule has 0 saturated carbocycles. The molecule has 0 bridgehead atoms. The second kappa shape index (κ2) is 3.96. The number of aliphatic hydroxyl groups excluding tert-OH is 2. The summed E-state index contributed by atoms with van der Waals surface area (Å²) >= 11 is 0. The van der Waals surface area contributed by atoms with E-state index >= 15 is 0 Å². The number of hydrogen-bond acceptors (Lipinski definition) is 4. The van der Waals surface area contributed by atoms with Gasteiger partial charge in [0, 0.05) is 0 Å². The van der Waals surface area contributed by atoms with Crippen molar-refractivity contribution >= 4 is 0 Å². The van der Waals surface area contributed by atoms with Crippen molar-refractivity contribution in [3.63, 3.8) is 0 Å². The fourth-order valence-corrected chi connectivity index (χ4v) is 0.943. The molecule has 4 nitrogen and oxygen atoms in total. The third kappa shape index (κ3) is 2.70. The van der Waals surface area contributed by atoms with Crippen LogP contribution in [0.15, 0.2) is 0 Å². The Labute approximate surface area is 64.1 Å². The van der Waals surface area contributed by atoms with Crippen LogP contribution in [0, 0.1) is 0 Å². The quantitative estimate of drug-likeness (QED) is 0.559. The monoisotopic (exact) mass is 165 g/mol. The standard InChI is InChI=1S/C6H12FNO3/c7-1-5(9)2-8-3-6(10)4-11-8/h5-6,9-10H,1-4H2/t5?,6-/m0/s1. The van der Waals surface area contributed by atoms with Crippen molar-refractivity contribution in [3.8, 4) is 0 Å². The van der Waals surface area contributed by atoms with Crippen molar-refractivity contribution in [2.24, 2.45) is 0 Å². The molecular weight excluding hydrogens is 153 g/mol. The molecule has 66 valence electrons. The van der Waals surface area contributed by atoms with Crippen molar-refractivity contribution < 1.29 is 19.4 Å². The van der Waals surface area contributed by atoms with E-state index < -0.39 is 18.9 Å². The lowest BCUT2D eigenvalue weighted by Crippen LogP contribution is -2.31. The molecule has 2 atom stereocenters. The Morgan fingerprint density at radius 1 is 1.73 bits per heavy atom. The van der Waals surface area contributed by atoms with Crippen molar-refractivity contribution in [3.05, 3.63) is 0 Å². The molecule has 1 heterocycles. The molecule has 1 aliphatic heterocycles. The first-order valence-corrected chi connectivity index (χ1v) is 3.52. The number of aliphatic hydroxyl groups is 2. The van der Waals surface area contributed by atoms with Crippen LogP contribution < -0.4 is 0 Å². The zero-order valence-electron chi connectivity index (χ0n) is 6.11. The molecule has 0 aromatic heterocycles. The summed E-state index contributed by atoms with van der Waals surface area (Å²) in [6.45, 7) is -0.0837. The Kier molecular flexibility index (Phi) is 3.19. The molecule has 2 N–H and O–H groups in total. The zero-order chi connectivity index (χ0) is 8.27. The van der Waals surface area contributed by atoms with Gasteiger partial charge in [-0.25, -0.2) is 4.39 Å². The minimum Gasteiger partial charge on any atom is -0.389 e. The number of hydrogen-bond donors (Lipinski definition) is 2. The van der Waals surface area contributed by atoms with Crippen LogP contribution in [0.1, 0.15) is 0 Å². The van der Waals surface area contributed by atoms with E-state index in [1.807, 2.05) is 0 Å². The summed E-state index contributed by atoms with van der Waals surface area (Å²) in [5, 5.41) is 19.1. The number of alkyl halides is 1. The summed E-state index contributed by atoms with van der Waals surface area (Å²) in [6, 6.07) is 0. The molecule has 1 rings (SSSR count). The van der Waals surface area contributed by atoms with E-state index in [1.165, 1.54) is 5.06 Å². The van der Waals surface area contributed by atoms with Crippen LogP contribution in [-0.4, -0.2) is 53.9 Å². The summed E-state index contributed by atoms with van der Waals surface area (Å²) in [4.78, 5) is 4.89. The molecule has 0 radical (unpaired) electrons. The van der Waals surface area contributed by atoms with E-state index in [-0.39, 0.29) is 13.2 Å². The van der Waals surface area contributed by atoms with Gasteiger partial charge in [0.15, 0.2) is 0 Å². The lowest BCUT2D eigenvalue weighted by molar-refractivity contribution is -0.130. The van der Waals surface area contributed by atoms with E-state index in [4.69, 9.17) is 15.1 Å². The van der Waals surface area contributed by atoms with Gasteiger partial charge >= 0.3 is 0 Å². The maximum absolute atomic E-state index is 11.7. The fraction of sp³-hybridized carbons (Fsp3) is 1.00. The van der Waals surface area contributed by atoms with Gasteiger partial charge in [-0.05, 0) is 0 Å². The van der Waals surface area contributed by atoms with Gasteiger partial charge in [-0.15, -0.1) is 0 Å². The number of nitrogens with zero attached hydrogens (tertiary/aromatic N) is 1. The molecule has 1 aliphatic rings. The second-order valence-electron chi connectivity index (χ2n) is 2.60. The first-order chi connectivity index (χ1) is 5.22. The first-order valence-electron chi connectivity index (χ1n) is 3.52. The Morgan fingerprint density at radius 2 is 2.45 bits per heavy atom. The molecule has 1 fully saturated rings. The van der Waals surface area contributed by atoms with Gasteiger partial charge in [-0.1, -0.05) is 0 Å². The molecule has 1 unspecified atom stereocenters. The molecular formula is C6H12FNO3. The van der Waals surface area contributed by atoms with Gasteiger partial charge in [0.1, 0.15) is 6.67 Å². The lowest BCUT2D eigenvalue weighted by atomic mass is 10.3. The van der Waals surface area contributed by atoms with E-state index in [2.05, 4.69) is 0 Å². The fourth-order valence-electron chi connectivity index (χ4n) is 0.943. The third-order valence-electron chi connectivity index (χ3n) is 1.46. The predicted octanol–water partition coefficient (Wildman–Crippen LogP) is -1.08. The Morgan fingerprint density at radius 3 is 2.91 bits per heavy atom. The van der Waals surface area contributed by atoms with Gasteiger partial charge in [-0.3, -0.25) is 4.84 Å². The van der Waals surface area contributed by atoms with Crippen LogP contribution in [0.25, 0.3) is 0 Å². The highest BCUT2D eigenvalue weighted by Gasteiger charge is 2.23. The first kappa shape index (κ1) is 8.86. The lowest BCUT2D eigenvalue weighted by Gasteiger charge is -2.15. The molecule has 0 aliphatic carbocycles. The summed E-state index contributed by atoms with van der Waals surface area (Å²) in [6.07, 6.45) is -1.53. The maximum Gasteiger partial charge on any atom is 0.117 e. The smallest absolute Gasteiger partial charge is 0.117 e. The third-order valence-corrected chi connectivity index (χ3v) is 1.46. The number of β-amino-alcohol motifs (C(OH)–C–C–N with tert-alkyl or cyclic N) is 2. The molecule has 0 amide bonds. The SMILES string of the molecule is OC(CF)CN1C[C@H](O)CO1. The van der Waals surface area contributed by atoms with Gasteiger partial charge in [-0.2, -0.15) is 5.06 Å². The van der Waals surface area contributed by atoms with Crippen LogP contribution in [0.2, 0.25) is 0 Å². The van der Waals surface area contributed by atoms with Gasteiger partial charge in [0.2, 0.25) is 0 Å². The van der Waals surface area contributed by atoms with Crippen LogP contribution in [0.4, 0.5) is 4.39 Å². The molecule has 0 spiro atoms. The Bertz CT molecular complexity index is 124. The second-order valence-corrected chi connectivity index (χ2v) is 2.60. The van der Waals surface area contributed by atoms with Crippen molar-refractivity contribution in [2.75, 3.05) is 26.4 Å². The highest BCUT2D eigenvalue weighted by atomic mass is 19.1. The minimum absolute atomic E-state index is 0.119. The average Bonchev–Trinajstić information content (AvgIpc) is 2.35. The van der Waals surface area contributed by atoms with E-state index in [9.17, 15) is 4.39 Å². The van der Waals surface area contributed by atoms with Crippen LogP contribution in [-0.2, 0) is 4.84 Å². The van der Waals surface area contributed by atoms with Crippen molar-refractivity contribution in [2.45, 2.75) is 12.2 Å². The van der Waals surface area contributed by atoms with Gasteiger partial charge < -0.3 is 10.2 Å². The molecule has 1 saturated heterocycles. The summed E-state index contributed by atoms with van der Waals surface area (Å²) in [5.74, 6) is 0. The topological polar surface area (TPSA) is 52.9 Å². The number of rotatable bonds is 3. The van der Waals surface area contributed by atoms with Crippen molar-refractivity contribution in [1.82, 2.24) is 5.06 Å². The van der Waals surface area contributed by atoms with Crippen LogP contribution >= 0.6 is 0 Å². The maximum atomic E-state index is 11.7. The van der Waals surface area contributed by atoms with E-state index in [0.29, 0.717) is 6.54 Å². The average molecular weight is 165 g/mol. The summed E-state index contributed by atoms with van der Waals surface area (Å²) in [7, 11) is 0. The largest absolute Gasteiger partial charge is 0.389 e. The number of hydroxylamine groups is 2. The molecule has 0 aromatic carbocycles. The summed E-state index contributed by atoms with van der Waals surface area (Å²) < 4.78 is 11.7. The Balaban J connectivity index is 2.17. The molecule has 5 heteroatoms. The van der Waals surface area contributed by atoms with E-state index in [0.717, 1.165) is 0 Å². The van der Waals surface area contributed by atoms with Crippen LogP contribution in [0.5, 0.6) is 0 Å². The Hall–Kier alpha value is -0.230. The summed E-state index contributed by atoms with van der Waals surface area (Å²) in [5.41, 5.74) is 0. The van der Waals surface area contributed by atoms with E-state index in [1.54, 1.807) is 0 Å². The molecule has 0 aromatic rings. The van der Waals surface area contributed by atoms with Crippen LogP contribution in [0.3, 0.4) is 0 Å². The van der Waals surface area contributed by atoms with Gasteiger partial charge in [0.25, 0.3) is 0 Å². The normalized spacial score (nSPS) is 29.2. The highest BCUT2D eigenvalue weighted by molar-refractivity contribution is 4.66. The zero-order valence-corrected chi connectivity index (χ0v) is 6.11.